The normalized spacial score (nSPS) is 15.2. The molecular formula is C23H16N4O. The maximum atomic E-state index is 13.0. The number of fused-ring (bicyclic) bond motifs is 6. The van der Waals surface area contributed by atoms with Crippen LogP contribution in [-0.2, 0) is 0 Å². The number of aromatic amines is 1. The molecule has 28 heavy (non-hydrogen) atoms. The molecule has 1 atom stereocenters. The molecule has 0 saturated carbocycles. The highest BCUT2D eigenvalue weighted by atomic mass is 16.1. The summed E-state index contributed by atoms with van der Waals surface area (Å²) in [6.07, 6.45) is -0.342. The maximum absolute atomic E-state index is 13.0. The van der Waals surface area contributed by atoms with Crippen LogP contribution in [0.3, 0.4) is 0 Å². The number of hydrogen-bond donors (Lipinski definition) is 2. The maximum Gasteiger partial charge on any atom is 0.255 e. The molecule has 3 heterocycles. The van der Waals surface area contributed by atoms with Crippen molar-refractivity contribution in [1.29, 1.82) is 0 Å². The minimum atomic E-state index is -0.342. The van der Waals surface area contributed by atoms with E-state index >= 15 is 0 Å². The summed E-state index contributed by atoms with van der Waals surface area (Å²) < 4.78 is 2.12. The molecule has 0 saturated heterocycles. The smallest absolute Gasteiger partial charge is 0.255 e. The molecule has 5 heteroatoms. The predicted octanol–water partition coefficient (Wildman–Crippen LogP) is 4.52. The van der Waals surface area contributed by atoms with Crippen molar-refractivity contribution < 1.29 is 0 Å². The van der Waals surface area contributed by atoms with Gasteiger partial charge in [0.15, 0.2) is 0 Å². The predicted molar refractivity (Wildman–Crippen MR) is 111 cm³/mol. The van der Waals surface area contributed by atoms with Gasteiger partial charge in [-0.05, 0) is 41.8 Å². The van der Waals surface area contributed by atoms with Gasteiger partial charge < -0.3 is 10.3 Å². The number of hydrogen-bond acceptors (Lipinski definition) is 3. The number of H-pyrrole nitrogens is 1. The van der Waals surface area contributed by atoms with Gasteiger partial charge in [0, 0.05) is 16.8 Å². The summed E-state index contributed by atoms with van der Waals surface area (Å²) in [5.74, 6) is 0.869. The number of aromatic nitrogens is 3. The van der Waals surface area contributed by atoms with Gasteiger partial charge in [-0.25, -0.2) is 4.98 Å². The van der Waals surface area contributed by atoms with Crippen molar-refractivity contribution in [3.63, 3.8) is 0 Å². The van der Waals surface area contributed by atoms with E-state index in [1.165, 1.54) is 0 Å². The molecule has 0 bridgehead atoms. The van der Waals surface area contributed by atoms with Gasteiger partial charge in [-0.1, -0.05) is 42.5 Å². The molecule has 0 fully saturated rings. The average Bonchev–Trinajstić information content (AvgIpc) is 3.13. The molecule has 3 aromatic carbocycles. The standard InChI is InChI=1S/C23H16N4O/c28-23-16(13-14-7-1-3-9-17(14)26-23)22-24-18-10-4-2-8-15(18)21-25-19-11-5-6-12-20(19)27(21)22/h1-13,22,24H,(H,26,28). The van der Waals surface area contributed by atoms with Crippen LogP contribution < -0.4 is 10.9 Å². The highest BCUT2D eigenvalue weighted by Crippen LogP contribution is 2.40. The van der Waals surface area contributed by atoms with Crippen molar-refractivity contribution in [3.05, 3.63) is 94.8 Å². The summed E-state index contributed by atoms with van der Waals surface area (Å²) in [6, 6.07) is 25.9. The Morgan fingerprint density at radius 1 is 0.893 bits per heavy atom. The van der Waals surface area contributed by atoms with Gasteiger partial charge in [0.05, 0.1) is 16.6 Å². The first-order valence-corrected chi connectivity index (χ1v) is 9.24. The van der Waals surface area contributed by atoms with Crippen LogP contribution in [-0.4, -0.2) is 14.5 Å². The highest BCUT2D eigenvalue weighted by Gasteiger charge is 2.29. The second-order valence-corrected chi connectivity index (χ2v) is 7.03. The number of nitrogens with zero attached hydrogens (tertiary/aromatic N) is 2. The zero-order valence-corrected chi connectivity index (χ0v) is 14.9. The summed E-state index contributed by atoms with van der Waals surface area (Å²) in [5, 5.41) is 4.56. The first-order chi connectivity index (χ1) is 13.8. The number of rotatable bonds is 1. The van der Waals surface area contributed by atoms with Crippen LogP contribution in [0.1, 0.15) is 11.7 Å². The minimum absolute atomic E-state index is 0.0979. The molecule has 0 spiro atoms. The van der Waals surface area contributed by atoms with Crippen LogP contribution in [0.2, 0.25) is 0 Å². The van der Waals surface area contributed by atoms with Gasteiger partial charge in [0.25, 0.3) is 5.56 Å². The lowest BCUT2D eigenvalue weighted by Crippen LogP contribution is -2.30. The summed E-state index contributed by atoms with van der Waals surface area (Å²) >= 11 is 0. The van der Waals surface area contributed by atoms with Crippen molar-refractivity contribution in [2.75, 3.05) is 5.32 Å². The molecule has 6 rings (SSSR count). The summed E-state index contributed by atoms with van der Waals surface area (Å²) in [6.45, 7) is 0. The highest BCUT2D eigenvalue weighted by molar-refractivity contribution is 5.87. The van der Waals surface area contributed by atoms with Crippen LogP contribution in [0.25, 0.3) is 33.3 Å². The molecule has 1 aliphatic heterocycles. The topological polar surface area (TPSA) is 62.7 Å². The Kier molecular flexibility index (Phi) is 3.03. The molecule has 2 N–H and O–H groups in total. The molecule has 0 radical (unpaired) electrons. The van der Waals surface area contributed by atoms with Crippen LogP contribution in [0.5, 0.6) is 0 Å². The number of benzene rings is 3. The third kappa shape index (κ3) is 2.07. The van der Waals surface area contributed by atoms with E-state index in [9.17, 15) is 4.79 Å². The van der Waals surface area contributed by atoms with E-state index < -0.39 is 0 Å². The number of nitrogens with one attached hydrogen (secondary N) is 2. The second-order valence-electron chi connectivity index (χ2n) is 7.03. The fourth-order valence-electron chi connectivity index (χ4n) is 4.10. The van der Waals surface area contributed by atoms with Crippen molar-refractivity contribution in [2.45, 2.75) is 6.17 Å². The molecule has 5 nitrogen and oxygen atoms in total. The van der Waals surface area contributed by atoms with Crippen molar-refractivity contribution >= 4 is 27.6 Å². The fraction of sp³-hybridized carbons (Fsp3) is 0.0435. The molecule has 1 unspecified atom stereocenters. The van der Waals surface area contributed by atoms with Crippen LogP contribution in [0.15, 0.2) is 83.7 Å². The van der Waals surface area contributed by atoms with E-state index in [1.807, 2.05) is 72.8 Å². The Morgan fingerprint density at radius 2 is 1.68 bits per heavy atom. The average molecular weight is 364 g/mol. The van der Waals surface area contributed by atoms with E-state index in [0.29, 0.717) is 5.56 Å². The first kappa shape index (κ1) is 15.2. The zero-order valence-electron chi connectivity index (χ0n) is 14.9. The van der Waals surface area contributed by atoms with E-state index in [1.54, 1.807) is 0 Å². The summed E-state index contributed by atoms with van der Waals surface area (Å²) in [5.41, 5.74) is 5.32. The monoisotopic (exact) mass is 364 g/mol. The molecule has 2 aromatic heterocycles. The lowest BCUT2D eigenvalue weighted by atomic mass is 10.1. The van der Waals surface area contributed by atoms with Crippen LogP contribution in [0, 0.1) is 0 Å². The Hall–Kier alpha value is -3.86. The molecule has 1 aliphatic rings. The molecule has 134 valence electrons. The lowest BCUT2D eigenvalue weighted by Gasteiger charge is -2.29. The van der Waals surface area contributed by atoms with Gasteiger partial charge in [0.1, 0.15) is 12.0 Å². The fourth-order valence-corrected chi connectivity index (χ4v) is 4.10. The van der Waals surface area contributed by atoms with Gasteiger partial charge in [-0.2, -0.15) is 0 Å². The number of anilines is 1. The van der Waals surface area contributed by atoms with E-state index in [0.717, 1.165) is 39.0 Å². The van der Waals surface area contributed by atoms with Crippen LogP contribution in [0.4, 0.5) is 5.69 Å². The zero-order chi connectivity index (χ0) is 18.7. The van der Waals surface area contributed by atoms with Crippen molar-refractivity contribution in [3.8, 4) is 11.4 Å². The van der Waals surface area contributed by atoms with Crippen molar-refractivity contribution in [2.24, 2.45) is 0 Å². The summed E-state index contributed by atoms with van der Waals surface area (Å²) in [7, 11) is 0. The molecule has 5 aromatic rings. The third-order valence-corrected chi connectivity index (χ3v) is 5.39. The van der Waals surface area contributed by atoms with E-state index in [4.69, 9.17) is 4.98 Å². The Bertz CT molecular complexity index is 1430. The van der Waals surface area contributed by atoms with E-state index in [-0.39, 0.29) is 11.7 Å². The molecular weight excluding hydrogens is 348 g/mol. The lowest BCUT2D eigenvalue weighted by molar-refractivity contribution is 0.662. The largest absolute Gasteiger partial charge is 0.360 e. The number of pyridine rings is 1. The van der Waals surface area contributed by atoms with Crippen molar-refractivity contribution in [1.82, 2.24) is 14.5 Å². The molecule has 0 amide bonds. The number of imidazole rings is 1. The van der Waals surface area contributed by atoms with Gasteiger partial charge in [-0.15, -0.1) is 0 Å². The van der Waals surface area contributed by atoms with Gasteiger partial charge in [-0.3, -0.25) is 9.36 Å². The quantitative estimate of drug-likeness (QED) is 0.460. The number of para-hydroxylation sites is 4. The molecule has 0 aliphatic carbocycles. The Labute approximate surface area is 160 Å². The second kappa shape index (κ2) is 5.57. The Morgan fingerprint density at radius 3 is 2.64 bits per heavy atom. The SMILES string of the molecule is O=c1[nH]c2ccccc2cc1C1Nc2ccccc2-c2nc3ccccc3n21. The Balaban J connectivity index is 1.68. The van der Waals surface area contributed by atoms with Gasteiger partial charge in [0.2, 0.25) is 0 Å². The third-order valence-electron chi connectivity index (χ3n) is 5.39. The van der Waals surface area contributed by atoms with Gasteiger partial charge >= 0.3 is 0 Å². The van der Waals surface area contributed by atoms with Crippen LogP contribution >= 0.6 is 0 Å². The van der Waals surface area contributed by atoms with E-state index in [2.05, 4.69) is 20.9 Å². The summed E-state index contributed by atoms with van der Waals surface area (Å²) in [4.78, 5) is 20.9. The first-order valence-electron chi connectivity index (χ1n) is 9.24. The minimum Gasteiger partial charge on any atom is -0.360 e.